The van der Waals surface area contributed by atoms with Crippen molar-refractivity contribution >= 4 is 23.1 Å². The molecule has 11 heteroatoms. The van der Waals surface area contributed by atoms with Crippen LogP contribution in [0.3, 0.4) is 0 Å². The van der Waals surface area contributed by atoms with Gasteiger partial charge in [-0.05, 0) is 56.9 Å². The molecule has 0 spiro atoms. The number of hydrogen-bond donors (Lipinski definition) is 0. The van der Waals surface area contributed by atoms with Crippen LogP contribution in [0.15, 0.2) is 53.2 Å². The van der Waals surface area contributed by atoms with E-state index in [0.29, 0.717) is 72.7 Å². The molecular formula is C33H39N3O8. The van der Waals surface area contributed by atoms with Crippen LogP contribution in [-0.2, 0) is 27.4 Å². The fourth-order valence-corrected chi connectivity index (χ4v) is 5.64. The van der Waals surface area contributed by atoms with Crippen LogP contribution in [0.25, 0.3) is 11.1 Å². The highest BCUT2D eigenvalue weighted by molar-refractivity contribution is 5.78. The third-order valence-electron chi connectivity index (χ3n) is 7.80. The number of esters is 1. The number of methoxy groups -OCH3 is 4. The van der Waals surface area contributed by atoms with Gasteiger partial charge >= 0.3 is 5.97 Å². The molecule has 1 unspecified atom stereocenters. The summed E-state index contributed by atoms with van der Waals surface area (Å²) < 4.78 is 40.0. The van der Waals surface area contributed by atoms with Gasteiger partial charge in [-0.15, -0.1) is 0 Å². The summed E-state index contributed by atoms with van der Waals surface area (Å²) in [6.07, 6.45) is 3.88. The summed E-state index contributed by atoms with van der Waals surface area (Å²) in [5.74, 6) is 2.36. The molecule has 0 N–H and O–H groups in total. The smallest absolute Gasteiger partial charge is 0.335 e. The molecule has 5 rings (SSSR count). The molecule has 2 aromatic heterocycles. The van der Waals surface area contributed by atoms with Gasteiger partial charge in [-0.25, -0.2) is 4.79 Å². The molecule has 4 aromatic rings. The van der Waals surface area contributed by atoms with E-state index in [4.69, 9.17) is 37.8 Å². The Labute approximate surface area is 257 Å². The molecule has 0 radical (unpaired) electrons. The van der Waals surface area contributed by atoms with Gasteiger partial charge in [-0.3, -0.25) is 4.98 Å². The number of rotatable bonds is 12. The molecule has 234 valence electrons. The van der Waals surface area contributed by atoms with Gasteiger partial charge in [0.1, 0.15) is 28.5 Å². The summed E-state index contributed by atoms with van der Waals surface area (Å²) >= 11 is 0. The van der Waals surface area contributed by atoms with Crippen LogP contribution in [0, 0.1) is 0 Å². The summed E-state index contributed by atoms with van der Waals surface area (Å²) in [6, 6.07) is 11.8. The van der Waals surface area contributed by atoms with Crippen molar-refractivity contribution in [2.75, 3.05) is 39.9 Å². The van der Waals surface area contributed by atoms with Gasteiger partial charge < -0.3 is 37.7 Å². The average molecular weight is 606 g/mol. The Morgan fingerprint density at radius 2 is 1.55 bits per heavy atom. The van der Waals surface area contributed by atoms with Gasteiger partial charge in [0.25, 0.3) is 6.01 Å². The Kier molecular flexibility index (Phi) is 9.74. The second kappa shape index (κ2) is 13.9. The van der Waals surface area contributed by atoms with Crippen LogP contribution in [0.1, 0.15) is 49.3 Å². The topological polar surface area (TPSA) is 115 Å². The standard InChI is InChI=1S/C33H39N3O8/c1-7-42-32(37)30-13-23(12-20(2)43-30)26-16-34-17-27-31(26)44-33(35-27)36(18-21-8-10-24(38-3)14-28(21)40-5)19-22-9-11-25(39-4)15-29(22)41-6/h8-11,14-17,20,23,30H,7,12-13,18-19H2,1-6H3/t20-,23?,30-/m1/s1. The van der Waals surface area contributed by atoms with Crippen molar-refractivity contribution in [3.05, 3.63) is 65.5 Å². The average Bonchev–Trinajstić information content (AvgIpc) is 3.49. The van der Waals surface area contributed by atoms with Gasteiger partial charge in [0.2, 0.25) is 0 Å². The van der Waals surface area contributed by atoms with Gasteiger partial charge in [0.05, 0.1) is 60.4 Å². The van der Waals surface area contributed by atoms with E-state index in [1.807, 2.05) is 48.2 Å². The van der Waals surface area contributed by atoms with Crippen LogP contribution in [0.5, 0.6) is 23.0 Å². The first-order valence-corrected chi connectivity index (χ1v) is 14.6. The lowest BCUT2D eigenvalue weighted by Crippen LogP contribution is -2.37. The summed E-state index contributed by atoms with van der Waals surface area (Å²) in [5, 5.41) is 0. The quantitative estimate of drug-likeness (QED) is 0.186. The van der Waals surface area contributed by atoms with E-state index in [2.05, 4.69) is 4.98 Å². The first-order chi connectivity index (χ1) is 21.4. The first-order valence-electron chi connectivity index (χ1n) is 14.6. The van der Waals surface area contributed by atoms with Crippen LogP contribution in [-0.4, -0.2) is 63.2 Å². The summed E-state index contributed by atoms with van der Waals surface area (Å²) in [5.41, 5.74) is 3.96. The molecule has 3 atom stereocenters. The van der Waals surface area contributed by atoms with Crippen molar-refractivity contribution in [1.29, 1.82) is 0 Å². The van der Waals surface area contributed by atoms with E-state index >= 15 is 0 Å². The van der Waals surface area contributed by atoms with Gasteiger partial charge in [-0.2, -0.15) is 4.98 Å². The predicted octanol–water partition coefficient (Wildman–Crippen LogP) is 5.68. The molecule has 1 fully saturated rings. The lowest BCUT2D eigenvalue weighted by molar-refractivity contribution is -0.165. The third kappa shape index (κ3) is 6.67. The Bertz CT molecular complexity index is 1530. The summed E-state index contributed by atoms with van der Waals surface area (Å²) in [4.78, 5) is 24.0. The van der Waals surface area contributed by atoms with Crippen molar-refractivity contribution in [3.8, 4) is 23.0 Å². The highest BCUT2D eigenvalue weighted by Crippen LogP contribution is 2.39. The Morgan fingerprint density at radius 1 is 0.909 bits per heavy atom. The van der Waals surface area contributed by atoms with Crippen LogP contribution in [0.2, 0.25) is 0 Å². The number of carbonyl (C=O) groups is 1. The molecular weight excluding hydrogens is 566 g/mol. The molecule has 1 saturated heterocycles. The lowest BCUT2D eigenvalue weighted by atomic mass is 9.86. The molecule has 11 nitrogen and oxygen atoms in total. The maximum atomic E-state index is 12.6. The lowest BCUT2D eigenvalue weighted by Gasteiger charge is -2.32. The van der Waals surface area contributed by atoms with Crippen LogP contribution >= 0.6 is 0 Å². The molecule has 0 saturated carbocycles. The Morgan fingerprint density at radius 3 is 2.11 bits per heavy atom. The van der Waals surface area contributed by atoms with Crippen molar-refractivity contribution in [2.45, 2.75) is 57.9 Å². The van der Waals surface area contributed by atoms with Gasteiger partial charge in [0.15, 0.2) is 11.7 Å². The summed E-state index contributed by atoms with van der Waals surface area (Å²) in [7, 11) is 6.50. The van der Waals surface area contributed by atoms with E-state index < -0.39 is 6.10 Å². The highest BCUT2D eigenvalue weighted by atomic mass is 16.6. The Balaban J connectivity index is 1.54. The molecule has 0 aliphatic carbocycles. The van der Waals surface area contributed by atoms with E-state index in [9.17, 15) is 4.79 Å². The highest BCUT2D eigenvalue weighted by Gasteiger charge is 2.35. The largest absolute Gasteiger partial charge is 0.497 e. The number of anilines is 1. The van der Waals surface area contributed by atoms with Crippen LogP contribution < -0.4 is 23.8 Å². The van der Waals surface area contributed by atoms with Crippen molar-refractivity contribution in [3.63, 3.8) is 0 Å². The number of nitrogens with zero attached hydrogens (tertiary/aromatic N) is 3. The zero-order chi connectivity index (χ0) is 31.2. The molecule has 1 aliphatic rings. The zero-order valence-electron chi connectivity index (χ0n) is 26.0. The van der Waals surface area contributed by atoms with Crippen molar-refractivity contribution in [1.82, 2.24) is 9.97 Å². The molecule has 0 bridgehead atoms. The summed E-state index contributed by atoms with van der Waals surface area (Å²) in [6.45, 7) is 4.88. The number of hydrogen-bond acceptors (Lipinski definition) is 11. The number of oxazole rings is 1. The second-order valence-corrected chi connectivity index (χ2v) is 10.6. The van der Waals surface area contributed by atoms with E-state index in [-0.39, 0.29) is 18.0 Å². The van der Waals surface area contributed by atoms with E-state index in [0.717, 1.165) is 16.7 Å². The number of aromatic nitrogens is 2. The van der Waals surface area contributed by atoms with Gasteiger partial charge in [-0.1, -0.05) is 0 Å². The fraction of sp³-hybridized carbons (Fsp3) is 0.424. The normalized spacial score (nSPS) is 18.1. The minimum atomic E-state index is -0.650. The number of pyridine rings is 1. The first kappa shape index (κ1) is 30.9. The zero-order valence-corrected chi connectivity index (χ0v) is 26.0. The van der Waals surface area contributed by atoms with Gasteiger partial charge in [0, 0.05) is 35.0 Å². The van der Waals surface area contributed by atoms with Crippen molar-refractivity contribution < 1.29 is 37.6 Å². The third-order valence-corrected chi connectivity index (χ3v) is 7.80. The molecule has 2 aromatic carbocycles. The maximum absolute atomic E-state index is 12.6. The number of ether oxygens (including phenoxy) is 6. The van der Waals surface area contributed by atoms with Crippen LogP contribution in [0.4, 0.5) is 6.01 Å². The predicted molar refractivity (Wildman–Crippen MR) is 164 cm³/mol. The van der Waals surface area contributed by atoms with Crippen molar-refractivity contribution in [2.24, 2.45) is 0 Å². The van der Waals surface area contributed by atoms with E-state index in [1.54, 1.807) is 47.8 Å². The number of carbonyl (C=O) groups excluding carboxylic acids is 1. The van der Waals surface area contributed by atoms with E-state index in [1.165, 1.54) is 0 Å². The molecule has 3 heterocycles. The minimum Gasteiger partial charge on any atom is -0.497 e. The fourth-order valence-electron chi connectivity index (χ4n) is 5.64. The monoisotopic (exact) mass is 605 g/mol. The number of fused-ring (bicyclic) bond motifs is 1. The number of benzene rings is 2. The Hall–Kier alpha value is -4.51. The molecule has 0 amide bonds. The SMILES string of the molecule is CCOC(=O)[C@H]1CC(c2cncc3nc(N(Cc4ccc(OC)cc4OC)Cc4ccc(OC)cc4OC)oc23)C[C@@H](C)O1. The molecule has 44 heavy (non-hydrogen) atoms. The molecule has 1 aliphatic heterocycles. The second-order valence-electron chi connectivity index (χ2n) is 10.6. The minimum absolute atomic E-state index is 0.0260. The maximum Gasteiger partial charge on any atom is 0.335 e.